The molecule has 4 fully saturated rings. The Hall–Kier alpha value is -4.28. The number of aromatic nitrogens is 2. The van der Waals surface area contributed by atoms with Crippen LogP contribution >= 0.6 is 0 Å². The Morgan fingerprint density at radius 1 is 1.02 bits per heavy atom. The van der Waals surface area contributed by atoms with E-state index in [4.69, 9.17) is 16.1 Å². The van der Waals surface area contributed by atoms with Crippen LogP contribution in [0.1, 0.15) is 37.7 Å². The molecule has 0 radical (unpaired) electrons. The van der Waals surface area contributed by atoms with Gasteiger partial charge in [0.15, 0.2) is 5.82 Å². The molecule has 1 aromatic heterocycles. The van der Waals surface area contributed by atoms with E-state index in [-0.39, 0.29) is 71.1 Å². The number of rotatable bonds is 6. The highest BCUT2D eigenvalue weighted by atomic mass is 19.4. The number of nitrogens with zero attached hydrogens (tertiary/aromatic N) is 5. The molecule has 5 heterocycles. The normalized spacial score (nSPS) is 25.7. The number of phenolic OH excluding ortho intramolecular Hbond substituents is 1. The molecule has 0 saturated carbocycles. The second-order valence-corrected chi connectivity index (χ2v) is 13.8. The van der Waals surface area contributed by atoms with Gasteiger partial charge in [-0.05, 0) is 67.4 Å². The van der Waals surface area contributed by atoms with Crippen molar-refractivity contribution >= 4 is 27.5 Å². The Morgan fingerprint density at radius 3 is 2.53 bits per heavy atom. The smallest absolute Gasteiger partial charge is 0.401 e. The fourth-order valence-corrected chi connectivity index (χ4v) is 8.69. The zero-order valence-corrected chi connectivity index (χ0v) is 26.4. The number of halogens is 6. The Bertz CT molecular complexity index is 2000. The maximum atomic E-state index is 16.9. The van der Waals surface area contributed by atoms with Crippen molar-refractivity contribution in [1.29, 1.82) is 0 Å². The Labute approximate surface area is 278 Å². The lowest BCUT2D eigenvalue weighted by Gasteiger charge is -2.42. The summed E-state index contributed by atoms with van der Waals surface area (Å²) in [5, 5.41) is 11.5. The van der Waals surface area contributed by atoms with Gasteiger partial charge in [-0.1, -0.05) is 18.1 Å². The van der Waals surface area contributed by atoms with Crippen molar-refractivity contribution in [3.63, 3.8) is 0 Å². The molecular formula is C36H33F6N5O2. The van der Waals surface area contributed by atoms with Crippen LogP contribution in [-0.2, 0) is 0 Å². The summed E-state index contributed by atoms with van der Waals surface area (Å²) in [7, 11) is 0. The number of terminal acetylenes is 1. The first-order chi connectivity index (χ1) is 23.4. The van der Waals surface area contributed by atoms with E-state index in [1.807, 2.05) is 4.90 Å². The Balaban J connectivity index is 1.24. The van der Waals surface area contributed by atoms with Gasteiger partial charge in [0.05, 0.1) is 17.6 Å². The van der Waals surface area contributed by atoms with Crippen LogP contribution in [0.3, 0.4) is 0 Å². The summed E-state index contributed by atoms with van der Waals surface area (Å²) in [5.74, 6) is 1.01. The van der Waals surface area contributed by atoms with Gasteiger partial charge in [-0.25, -0.2) is 13.2 Å². The quantitative estimate of drug-likeness (QED) is 0.182. The highest BCUT2D eigenvalue weighted by Crippen LogP contribution is 2.43. The summed E-state index contributed by atoms with van der Waals surface area (Å²) in [5.41, 5.74) is -0.582. The second kappa shape index (κ2) is 11.7. The van der Waals surface area contributed by atoms with Crippen LogP contribution in [0.25, 0.3) is 32.8 Å². The molecule has 4 saturated heterocycles. The van der Waals surface area contributed by atoms with E-state index >= 15 is 4.39 Å². The van der Waals surface area contributed by atoms with Gasteiger partial charge in [0, 0.05) is 54.5 Å². The summed E-state index contributed by atoms with van der Waals surface area (Å²) in [6, 6.07) is 7.56. The Kier molecular flexibility index (Phi) is 7.60. The minimum atomic E-state index is -4.34. The van der Waals surface area contributed by atoms with Crippen LogP contribution in [0, 0.1) is 24.0 Å². The maximum absolute atomic E-state index is 16.9. The first kappa shape index (κ1) is 32.0. The number of hydrogen-bond donors (Lipinski definition) is 1. The third-order valence-corrected chi connectivity index (χ3v) is 10.8. The van der Waals surface area contributed by atoms with E-state index in [0.29, 0.717) is 42.4 Å². The molecule has 4 aromatic rings. The van der Waals surface area contributed by atoms with Gasteiger partial charge < -0.3 is 14.7 Å². The van der Waals surface area contributed by atoms with Crippen LogP contribution in [0.5, 0.6) is 11.8 Å². The van der Waals surface area contributed by atoms with Crippen LogP contribution in [0.2, 0.25) is 0 Å². The molecule has 256 valence electrons. The number of fused-ring (bicyclic) bond motifs is 5. The minimum Gasteiger partial charge on any atom is -0.508 e. The van der Waals surface area contributed by atoms with E-state index in [1.165, 1.54) is 35.2 Å². The summed E-state index contributed by atoms with van der Waals surface area (Å²) >= 11 is 0. The molecule has 2 bridgehead atoms. The molecule has 0 spiro atoms. The van der Waals surface area contributed by atoms with Crippen LogP contribution in [0.4, 0.5) is 32.2 Å². The zero-order chi connectivity index (χ0) is 34.2. The van der Waals surface area contributed by atoms with E-state index in [1.54, 1.807) is 6.07 Å². The largest absolute Gasteiger partial charge is 0.508 e. The van der Waals surface area contributed by atoms with Crippen LogP contribution < -0.4 is 9.64 Å². The number of ether oxygens (including phenoxy) is 1. The van der Waals surface area contributed by atoms with Crippen molar-refractivity contribution in [2.24, 2.45) is 0 Å². The molecular weight excluding hydrogens is 648 g/mol. The van der Waals surface area contributed by atoms with Crippen molar-refractivity contribution in [2.45, 2.75) is 62.1 Å². The van der Waals surface area contributed by atoms with Crippen molar-refractivity contribution in [3.05, 3.63) is 53.6 Å². The highest BCUT2D eigenvalue weighted by Gasteiger charge is 2.50. The molecule has 4 aliphatic rings. The summed E-state index contributed by atoms with van der Waals surface area (Å²) in [6.07, 6.45) is 3.44. The predicted molar refractivity (Wildman–Crippen MR) is 172 cm³/mol. The fraction of sp³-hybridized carbons (Fsp3) is 0.444. The minimum absolute atomic E-state index is 0.00204. The summed E-state index contributed by atoms with van der Waals surface area (Å²) in [4.78, 5) is 14.7. The molecule has 7 nitrogen and oxygen atoms in total. The monoisotopic (exact) mass is 681 g/mol. The number of benzene rings is 3. The van der Waals surface area contributed by atoms with Gasteiger partial charge in [-0.3, -0.25) is 9.80 Å². The summed E-state index contributed by atoms with van der Waals surface area (Å²) in [6.45, 7) is 0.629. The Morgan fingerprint density at radius 2 is 1.80 bits per heavy atom. The first-order valence-electron chi connectivity index (χ1n) is 16.4. The van der Waals surface area contributed by atoms with Crippen molar-refractivity contribution in [3.8, 4) is 35.2 Å². The van der Waals surface area contributed by atoms with Crippen molar-refractivity contribution in [2.75, 3.05) is 44.2 Å². The molecule has 4 atom stereocenters. The van der Waals surface area contributed by atoms with E-state index < -0.39 is 36.1 Å². The van der Waals surface area contributed by atoms with Gasteiger partial charge in [0.25, 0.3) is 0 Å². The van der Waals surface area contributed by atoms with Crippen molar-refractivity contribution < 1.29 is 36.2 Å². The maximum Gasteiger partial charge on any atom is 0.401 e. The zero-order valence-electron chi connectivity index (χ0n) is 26.4. The topological polar surface area (TPSA) is 65.0 Å². The standard InChI is InChI=1S/C36H33F6N5O2/c1-2-25-29(38)9-4-20-12-24(48)13-28(30(20)25)26-7-8-27-32(31(26)39)43-34(49-19-35-10-3-11-46(35)15-21(37)14-35)44-33(27)45-16-22-5-6-23(17-45)47(22)18-36(40,41)42/h1,4,7-9,12-13,21-23,48H,3,5-6,10-11,14-19H2. The van der Waals surface area contributed by atoms with Gasteiger partial charge in [-0.2, -0.15) is 23.1 Å². The van der Waals surface area contributed by atoms with E-state index in [0.717, 1.165) is 19.4 Å². The second-order valence-electron chi connectivity index (χ2n) is 13.8. The number of piperazine rings is 1. The lowest BCUT2D eigenvalue weighted by atomic mass is 9.93. The average molecular weight is 682 g/mol. The van der Waals surface area contributed by atoms with Crippen LogP contribution in [0.15, 0.2) is 36.4 Å². The molecule has 4 unspecified atom stereocenters. The SMILES string of the molecule is C#Cc1c(F)ccc2cc(O)cc(-c3ccc4c(N5CC6CCC(C5)N6CC(F)(F)F)nc(OCC56CCCN5CC(F)C6)nc4c3F)c12. The van der Waals surface area contributed by atoms with Crippen LogP contribution in [-0.4, -0.2) is 94.2 Å². The van der Waals surface area contributed by atoms with Crippen molar-refractivity contribution in [1.82, 2.24) is 19.8 Å². The number of alkyl halides is 4. The number of anilines is 1. The summed E-state index contributed by atoms with van der Waals surface area (Å²) < 4.78 is 92.8. The fourth-order valence-electron chi connectivity index (χ4n) is 8.69. The molecule has 1 N–H and O–H groups in total. The molecule has 4 aliphatic heterocycles. The average Bonchev–Trinajstić information content (AvgIpc) is 3.64. The molecule has 0 amide bonds. The molecule has 49 heavy (non-hydrogen) atoms. The molecule has 3 aromatic carbocycles. The third-order valence-electron chi connectivity index (χ3n) is 10.8. The number of hydrogen-bond acceptors (Lipinski definition) is 7. The first-order valence-corrected chi connectivity index (χ1v) is 16.4. The van der Waals surface area contributed by atoms with Gasteiger partial charge >= 0.3 is 12.2 Å². The number of phenols is 1. The lowest BCUT2D eigenvalue weighted by molar-refractivity contribution is -0.153. The number of aromatic hydroxyl groups is 1. The molecule has 0 aliphatic carbocycles. The van der Waals surface area contributed by atoms with Gasteiger partial charge in [-0.15, -0.1) is 6.42 Å². The van der Waals surface area contributed by atoms with Gasteiger partial charge in [0.1, 0.15) is 35.7 Å². The third kappa shape index (κ3) is 5.49. The lowest BCUT2D eigenvalue weighted by Crippen LogP contribution is -2.56. The predicted octanol–water partition coefficient (Wildman–Crippen LogP) is 6.59. The van der Waals surface area contributed by atoms with E-state index in [9.17, 15) is 27.1 Å². The molecule has 8 rings (SSSR count). The highest BCUT2D eigenvalue weighted by molar-refractivity contribution is 6.04. The van der Waals surface area contributed by atoms with Gasteiger partial charge in [0.2, 0.25) is 0 Å². The van der Waals surface area contributed by atoms with E-state index in [2.05, 4.69) is 15.8 Å². The molecule has 13 heteroatoms.